The largest absolute Gasteiger partial charge is 0.478 e. The molecule has 0 aliphatic heterocycles. The third kappa shape index (κ3) is 6.29. The van der Waals surface area contributed by atoms with Crippen molar-refractivity contribution in [2.24, 2.45) is 5.92 Å². The van der Waals surface area contributed by atoms with E-state index in [1.807, 2.05) is 0 Å². The number of carbonyl (C=O) groups excluding carboxylic acids is 1. The van der Waals surface area contributed by atoms with Gasteiger partial charge in [-0.25, -0.2) is 9.59 Å². The topological polar surface area (TPSA) is 63.6 Å². The molecule has 0 spiro atoms. The third-order valence-corrected chi connectivity index (χ3v) is 3.48. The minimum atomic E-state index is -1.05. The summed E-state index contributed by atoms with van der Waals surface area (Å²) < 4.78 is 5.60. The van der Waals surface area contributed by atoms with E-state index in [2.05, 4.69) is 20.8 Å². The molecule has 1 unspecified atom stereocenters. The lowest BCUT2D eigenvalue weighted by atomic mass is 10.0. The zero-order valence-electron chi connectivity index (χ0n) is 13.7. The van der Waals surface area contributed by atoms with Crippen molar-refractivity contribution >= 4 is 11.9 Å². The maximum atomic E-state index is 12.2. The fraction of sp³-hybridized carbons (Fsp3) is 0.556. The van der Waals surface area contributed by atoms with Gasteiger partial charge in [-0.2, -0.15) is 0 Å². The van der Waals surface area contributed by atoms with E-state index in [9.17, 15) is 9.59 Å². The molecule has 1 aromatic carbocycles. The summed E-state index contributed by atoms with van der Waals surface area (Å²) >= 11 is 0. The minimum absolute atomic E-state index is 0.0980. The van der Waals surface area contributed by atoms with Crippen molar-refractivity contribution in [3.63, 3.8) is 0 Å². The van der Waals surface area contributed by atoms with Gasteiger partial charge in [-0.1, -0.05) is 39.7 Å². The van der Waals surface area contributed by atoms with Gasteiger partial charge in [0.2, 0.25) is 0 Å². The summed E-state index contributed by atoms with van der Waals surface area (Å²) in [5.41, 5.74) is 0.394. The van der Waals surface area contributed by atoms with Crippen molar-refractivity contribution in [3.05, 3.63) is 35.4 Å². The normalized spacial score (nSPS) is 12.2. The first-order valence-electron chi connectivity index (χ1n) is 7.98. The Labute approximate surface area is 132 Å². The average Bonchev–Trinajstić information content (AvgIpc) is 2.46. The number of carbonyl (C=O) groups is 2. The summed E-state index contributed by atoms with van der Waals surface area (Å²) in [7, 11) is 0. The number of unbranched alkanes of at least 4 members (excludes halogenated alkanes) is 2. The van der Waals surface area contributed by atoms with Gasteiger partial charge in [0.05, 0.1) is 11.1 Å². The quantitative estimate of drug-likeness (QED) is 0.537. The first-order valence-corrected chi connectivity index (χ1v) is 7.98. The van der Waals surface area contributed by atoms with E-state index < -0.39 is 11.9 Å². The minimum Gasteiger partial charge on any atom is -0.478 e. The van der Waals surface area contributed by atoms with Crippen LogP contribution in [-0.2, 0) is 4.74 Å². The number of ether oxygens (including phenoxy) is 1. The molecule has 1 N–H and O–H groups in total. The van der Waals surface area contributed by atoms with Crippen molar-refractivity contribution in [1.29, 1.82) is 0 Å². The van der Waals surface area contributed by atoms with Crippen LogP contribution in [0.3, 0.4) is 0 Å². The molecule has 1 atom stereocenters. The second-order valence-electron chi connectivity index (χ2n) is 6.04. The first kappa shape index (κ1) is 18.2. The smallest absolute Gasteiger partial charge is 0.338 e. The molecule has 0 radical (unpaired) electrons. The molecule has 22 heavy (non-hydrogen) atoms. The average molecular weight is 306 g/mol. The zero-order chi connectivity index (χ0) is 16.5. The monoisotopic (exact) mass is 306 g/mol. The fourth-order valence-corrected chi connectivity index (χ4v) is 2.37. The van der Waals surface area contributed by atoms with Crippen molar-refractivity contribution in [3.8, 4) is 0 Å². The molecule has 0 saturated heterocycles. The van der Waals surface area contributed by atoms with Crippen LogP contribution in [0.4, 0.5) is 0 Å². The molecular formula is C18H26O4. The Hall–Kier alpha value is -1.84. The Bertz CT molecular complexity index is 494. The number of hydrogen-bond donors (Lipinski definition) is 1. The maximum Gasteiger partial charge on any atom is 0.338 e. The Morgan fingerprint density at radius 2 is 1.86 bits per heavy atom. The molecule has 4 heteroatoms. The second-order valence-corrected chi connectivity index (χ2v) is 6.04. The highest BCUT2D eigenvalue weighted by atomic mass is 16.5. The predicted octanol–water partition coefficient (Wildman–Crippen LogP) is 4.54. The number of benzene rings is 1. The van der Waals surface area contributed by atoms with E-state index in [4.69, 9.17) is 9.84 Å². The number of aromatic carboxylic acids is 1. The number of rotatable bonds is 9. The van der Waals surface area contributed by atoms with Crippen LogP contribution in [-0.4, -0.2) is 23.1 Å². The molecule has 0 heterocycles. The van der Waals surface area contributed by atoms with E-state index in [0.29, 0.717) is 11.5 Å². The van der Waals surface area contributed by atoms with Gasteiger partial charge in [0.15, 0.2) is 0 Å². The number of carboxylic acids is 1. The van der Waals surface area contributed by atoms with Crippen LogP contribution in [0.15, 0.2) is 24.3 Å². The maximum absolute atomic E-state index is 12.2. The molecule has 0 fully saturated rings. The molecule has 0 amide bonds. The first-order chi connectivity index (χ1) is 10.4. The lowest BCUT2D eigenvalue weighted by molar-refractivity contribution is 0.0225. The molecule has 1 rings (SSSR count). The van der Waals surface area contributed by atoms with E-state index in [1.165, 1.54) is 12.1 Å². The standard InChI is InChI=1S/C18H26O4/c1-4-5-6-10-16(11-13(2)3)22-18(21)15-9-7-8-14(12-15)17(19)20/h7-9,12-13,16H,4-6,10-11H2,1-3H3,(H,19,20). The number of carboxylic acid groups (broad SMARTS) is 1. The van der Waals surface area contributed by atoms with Crippen LogP contribution in [0.1, 0.15) is 73.6 Å². The third-order valence-electron chi connectivity index (χ3n) is 3.48. The molecular weight excluding hydrogens is 280 g/mol. The highest BCUT2D eigenvalue weighted by Gasteiger charge is 2.18. The van der Waals surface area contributed by atoms with Crippen LogP contribution in [0.5, 0.6) is 0 Å². The molecule has 122 valence electrons. The fourth-order valence-electron chi connectivity index (χ4n) is 2.37. The Morgan fingerprint density at radius 3 is 2.45 bits per heavy atom. The van der Waals surface area contributed by atoms with Gasteiger partial charge < -0.3 is 9.84 Å². The van der Waals surface area contributed by atoms with Crippen LogP contribution in [0.25, 0.3) is 0 Å². The molecule has 1 aromatic rings. The van der Waals surface area contributed by atoms with E-state index in [1.54, 1.807) is 12.1 Å². The predicted molar refractivity (Wildman–Crippen MR) is 86.2 cm³/mol. The highest BCUT2D eigenvalue weighted by molar-refractivity contribution is 5.94. The van der Waals surface area contributed by atoms with Gasteiger partial charge in [-0.15, -0.1) is 0 Å². The van der Waals surface area contributed by atoms with Gasteiger partial charge in [0, 0.05) is 0 Å². The van der Waals surface area contributed by atoms with Gasteiger partial charge >= 0.3 is 11.9 Å². The van der Waals surface area contributed by atoms with Gasteiger partial charge in [-0.3, -0.25) is 0 Å². The van der Waals surface area contributed by atoms with Crippen molar-refractivity contribution in [2.75, 3.05) is 0 Å². The molecule has 0 aliphatic rings. The van der Waals surface area contributed by atoms with Gasteiger partial charge in [0.25, 0.3) is 0 Å². The summed E-state index contributed by atoms with van der Waals surface area (Å²) in [4.78, 5) is 23.2. The van der Waals surface area contributed by atoms with Gasteiger partial charge in [0.1, 0.15) is 6.10 Å². The van der Waals surface area contributed by atoms with Gasteiger partial charge in [-0.05, 0) is 43.4 Å². The number of esters is 1. The zero-order valence-corrected chi connectivity index (χ0v) is 13.7. The molecule has 0 aromatic heterocycles. The molecule has 0 aliphatic carbocycles. The SMILES string of the molecule is CCCCCC(CC(C)C)OC(=O)c1cccc(C(=O)O)c1. The summed E-state index contributed by atoms with van der Waals surface area (Å²) in [6.07, 6.45) is 4.87. The van der Waals surface area contributed by atoms with Crippen LogP contribution >= 0.6 is 0 Å². The van der Waals surface area contributed by atoms with E-state index in [-0.39, 0.29) is 11.7 Å². The molecule has 4 nitrogen and oxygen atoms in total. The second kappa shape index (κ2) is 9.23. The number of hydrogen-bond acceptors (Lipinski definition) is 3. The van der Waals surface area contributed by atoms with Crippen molar-refractivity contribution in [2.45, 2.75) is 59.0 Å². The van der Waals surface area contributed by atoms with Crippen molar-refractivity contribution in [1.82, 2.24) is 0 Å². The summed E-state index contributed by atoms with van der Waals surface area (Å²) in [6.45, 7) is 6.35. The summed E-state index contributed by atoms with van der Waals surface area (Å²) in [5, 5.41) is 8.98. The Morgan fingerprint density at radius 1 is 1.18 bits per heavy atom. The highest BCUT2D eigenvalue weighted by Crippen LogP contribution is 2.18. The molecule has 0 bridgehead atoms. The van der Waals surface area contributed by atoms with Crippen LogP contribution in [0, 0.1) is 5.92 Å². The Balaban J connectivity index is 2.72. The van der Waals surface area contributed by atoms with Crippen LogP contribution in [0.2, 0.25) is 0 Å². The van der Waals surface area contributed by atoms with Crippen molar-refractivity contribution < 1.29 is 19.4 Å². The van der Waals surface area contributed by atoms with E-state index >= 15 is 0 Å². The summed E-state index contributed by atoms with van der Waals surface area (Å²) in [6, 6.07) is 5.98. The lowest BCUT2D eigenvalue weighted by Crippen LogP contribution is -2.20. The summed E-state index contributed by atoms with van der Waals surface area (Å²) in [5.74, 6) is -1.04. The Kier molecular flexibility index (Phi) is 7.64. The lowest BCUT2D eigenvalue weighted by Gasteiger charge is -2.20. The molecule has 0 saturated carbocycles. The van der Waals surface area contributed by atoms with Crippen LogP contribution < -0.4 is 0 Å². The van der Waals surface area contributed by atoms with E-state index in [0.717, 1.165) is 32.1 Å².